The highest BCUT2D eigenvalue weighted by atomic mass is 35.5. The topological polar surface area (TPSA) is 70.4 Å². The summed E-state index contributed by atoms with van der Waals surface area (Å²) in [7, 11) is 1.64. The van der Waals surface area contributed by atoms with Gasteiger partial charge in [0.1, 0.15) is 11.4 Å². The molecule has 1 aromatic rings. The summed E-state index contributed by atoms with van der Waals surface area (Å²) in [6.45, 7) is 1.83. The van der Waals surface area contributed by atoms with Gasteiger partial charge < -0.3 is 4.74 Å². The summed E-state index contributed by atoms with van der Waals surface area (Å²) in [6.07, 6.45) is -0.0835. The van der Waals surface area contributed by atoms with Crippen molar-refractivity contribution in [2.45, 2.75) is 6.29 Å². The minimum absolute atomic E-state index is 0. The van der Waals surface area contributed by atoms with Gasteiger partial charge in [0.25, 0.3) is 0 Å². The zero-order chi connectivity index (χ0) is 11.7. The minimum atomic E-state index is -0.0835. The Labute approximate surface area is 111 Å². The van der Waals surface area contributed by atoms with Crippen molar-refractivity contribution >= 4 is 23.9 Å². The molecule has 1 saturated heterocycles. The summed E-state index contributed by atoms with van der Waals surface area (Å²) in [5, 5.41) is 14.6. The Hall–Kier alpha value is -1.50. The fraction of sp³-hybridized carbons (Fsp3) is 0.364. The first-order valence-corrected chi connectivity index (χ1v) is 5.52. The van der Waals surface area contributed by atoms with E-state index in [9.17, 15) is 0 Å². The molecule has 3 rings (SSSR count). The first-order valence-electron chi connectivity index (χ1n) is 5.52. The van der Waals surface area contributed by atoms with E-state index in [1.807, 2.05) is 18.2 Å². The SMILES string of the molecule is COc1cccc2c1C(=NC1NCCN1)N=N2.Cl. The smallest absolute Gasteiger partial charge is 0.186 e. The zero-order valence-corrected chi connectivity index (χ0v) is 10.7. The summed E-state index contributed by atoms with van der Waals surface area (Å²) in [5.74, 6) is 1.37. The van der Waals surface area contributed by atoms with E-state index in [1.54, 1.807) is 7.11 Å². The largest absolute Gasteiger partial charge is 0.496 e. The maximum Gasteiger partial charge on any atom is 0.186 e. The number of fused-ring (bicyclic) bond motifs is 1. The van der Waals surface area contributed by atoms with Gasteiger partial charge in [0.05, 0.1) is 12.7 Å². The van der Waals surface area contributed by atoms with Crippen molar-refractivity contribution in [3.8, 4) is 5.75 Å². The van der Waals surface area contributed by atoms with Gasteiger partial charge in [-0.3, -0.25) is 10.6 Å². The molecule has 18 heavy (non-hydrogen) atoms. The van der Waals surface area contributed by atoms with Crippen LogP contribution in [0.5, 0.6) is 5.75 Å². The van der Waals surface area contributed by atoms with Gasteiger partial charge in [0.15, 0.2) is 12.1 Å². The number of nitrogens with zero attached hydrogens (tertiary/aromatic N) is 3. The van der Waals surface area contributed by atoms with Crippen LogP contribution in [0.4, 0.5) is 5.69 Å². The Morgan fingerprint density at radius 1 is 1.28 bits per heavy atom. The van der Waals surface area contributed by atoms with Crippen molar-refractivity contribution in [2.75, 3.05) is 20.2 Å². The molecule has 7 heteroatoms. The van der Waals surface area contributed by atoms with Gasteiger partial charge >= 0.3 is 0 Å². The average Bonchev–Trinajstić information content (AvgIpc) is 2.99. The Bertz CT molecular complexity index is 496. The number of azo groups is 1. The molecule has 0 amide bonds. The van der Waals surface area contributed by atoms with Gasteiger partial charge in [-0.05, 0) is 12.1 Å². The molecule has 2 heterocycles. The molecule has 0 atom stereocenters. The van der Waals surface area contributed by atoms with E-state index >= 15 is 0 Å². The number of aliphatic imine (C=N–C) groups is 1. The van der Waals surface area contributed by atoms with Crippen molar-refractivity contribution < 1.29 is 4.74 Å². The number of rotatable bonds is 2. The molecule has 96 valence electrons. The Morgan fingerprint density at radius 3 is 2.78 bits per heavy atom. The molecule has 0 aromatic heterocycles. The average molecular weight is 268 g/mol. The normalized spacial score (nSPS) is 19.9. The number of halogens is 1. The molecular formula is C11H14ClN5O. The highest BCUT2D eigenvalue weighted by Gasteiger charge is 2.22. The highest BCUT2D eigenvalue weighted by molar-refractivity contribution is 6.08. The van der Waals surface area contributed by atoms with Gasteiger partial charge in [0, 0.05) is 13.1 Å². The lowest BCUT2D eigenvalue weighted by Crippen LogP contribution is -2.29. The van der Waals surface area contributed by atoms with Crippen LogP contribution in [0.2, 0.25) is 0 Å². The summed E-state index contributed by atoms with van der Waals surface area (Å²) >= 11 is 0. The number of hydrogen-bond acceptors (Lipinski definition) is 5. The molecule has 0 aliphatic carbocycles. The summed E-state index contributed by atoms with van der Waals surface area (Å²) in [4.78, 5) is 4.48. The van der Waals surface area contributed by atoms with Gasteiger partial charge in [-0.15, -0.1) is 22.6 Å². The Kier molecular flexibility index (Phi) is 3.90. The summed E-state index contributed by atoms with van der Waals surface area (Å²) in [5.41, 5.74) is 1.67. The molecule has 1 aromatic carbocycles. The lowest BCUT2D eigenvalue weighted by Gasteiger charge is -2.07. The first kappa shape index (κ1) is 12.9. The molecular weight excluding hydrogens is 254 g/mol. The molecule has 0 spiro atoms. The Morgan fingerprint density at radius 2 is 2.06 bits per heavy atom. The van der Waals surface area contributed by atoms with Gasteiger partial charge in [-0.1, -0.05) is 6.07 Å². The monoisotopic (exact) mass is 267 g/mol. The van der Waals surface area contributed by atoms with Crippen molar-refractivity contribution in [1.29, 1.82) is 0 Å². The third-order valence-electron chi connectivity index (χ3n) is 2.75. The van der Waals surface area contributed by atoms with E-state index in [2.05, 4.69) is 25.9 Å². The fourth-order valence-electron chi connectivity index (χ4n) is 1.94. The molecule has 2 N–H and O–H groups in total. The second kappa shape index (κ2) is 5.43. The summed E-state index contributed by atoms with van der Waals surface area (Å²) < 4.78 is 5.31. The van der Waals surface area contributed by atoms with Crippen molar-refractivity contribution in [3.63, 3.8) is 0 Å². The third-order valence-corrected chi connectivity index (χ3v) is 2.75. The predicted octanol–water partition coefficient (Wildman–Crippen LogP) is 1.44. The van der Waals surface area contributed by atoms with Crippen LogP contribution in [0.1, 0.15) is 5.56 Å². The van der Waals surface area contributed by atoms with Crippen LogP contribution in [0.25, 0.3) is 0 Å². The number of hydrogen-bond donors (Lipinski definition) is 2. The fourth-order valence-corrected chi connectivity index (χ4v) is 1.94. The van der Waals surface area contributed by atoms with Gasteiger partial charge in [-0.2, -0.15) is 0 Å². The van der Waals surface area contributed by atoms with E-state index in [-0.39, 0.29) is 18.7 Å². The van der Waals surface area contributed by atoms with Crippen LogP contribution >= 0.6 is 12.4 Å². The standard InChI is InChI=1S/C11H13N5O.ClH/c1-17-8-4-2-3-7-9(8)10(16-15-7)14-11-12-5-6-13-11;/h2-4,11-13H,5-6H2,1H3;1H. The number of nitrogens with one attached hydrogen (secondary N) is 2. The van der Waals surface area contributed by atoms with Crippen molar-refractivity contribution in [3.05, 3.63) is 23.8 Å². The maximum atomic E-state index is 5.31. The minimum Gasteiger partial charge on any atom is -0.496 e. The summed E-state index contributed by atoms with van der Waals surface area (Å²) in [6, 6.07) is 5.69. The van der Waals surface area contributed by atoms with Crippen LogP contribution in [0.15, 0.2) is 33.4 Å². The van der Waals surface area contributed by atoms with Crippen LogP contribution in [-0.4, -0.2) is 32.3 Å². The third kappa shape index (κ3) is 2.22. The van der Waals surface area contributed by atoms with Crippen LogP contribution in [0.3, 0.4) is 0 Å². The Balaban J connectivity index is 0.00000120. The molecule has 1 fully saturated rings. The van der Waals surface area contributed by atoms with Crippen LogP contribution in [-0.2, 0) is 0 Å². The number of ether oxygens (including phenoxy) is 1. The van der Waals surface area contributed by atoms with Crippen molar-refractivity contribution in [1.82, 2.24) is 10.6 Å². The van der Waals surface area contributed by atoms with Gasteiger partial charge in [-0.25, -0.2) is 4.99 Å². The quantitative estimate of drug-likeness (QED) is 0.852. The second-order valence-corrected chi connectivity index (χ2v) is 3.82. The molecule has 0 bridgehead atoms. The zero-order valence-electron chi connectivity index (χ0n) is 9.88. The number of amidine groups is 1. The molecule has 0 saturated carbocycles. The van der Waals surface area contributed by atoms with E-state index < -0.39 is 0 Å². The highest BCUT2D eigenvalue weighted by Crippen LogP contribution is 2.34. The molecule has 2 aliphatic rings. The predicted molar refractivity (Wildman–Crippen MR) is 71.1 cm³/mol. The van der Waals surface area contributed by atoms with Gasteiger partial charge in [0.2, 0.25) is 0 Å². The molecule has 2 aliphatic heterocycles. The lowest BCUT2D eigenvalue weighted by atomic mass is 10.1. The molecule has 0 unspecified atom stereocenters. The van der Waals surface area contributed by atoms with E-state index in [0.717, 1.165) is 30.1 Å². The van der Waals surface area contributed by atoms with E-state index in [1.165, 1.54) is 0 Å². The van der Waals surface area contributed by atoms with Crippen LogP contribution in [0, 0.1) is 0 Å². The van der Waals surface area contributed by atoms with E-state index in [0.29, 0.717) is 5.84 Å². The van der Waals surface area contributed by atoms with E-state index in [4.69, 9.17) is 4.74 Å². The van der Waals surface area contributed by atoms with Crippen LogP contribution < -0.4 is 15.4 Å². The molecule has 6 nitrogen and oxygen atoms in total. The number of benzene rings is 1. The number of methoxy groups -OCH3 is 1. The van der Waals surface area contributed by atoms with Crippen molar-refractivity contribution in [2.24, 2.45) is 15.2 Å². The lowest BCUT2D eigenvalue weighted by molar-refractivity contribution is 0.414. The maximum absolute atomic E-state index is 5.31. The molecule has 0 radical (unpaired) electrons. The first-order chi connectivity index (χ1) is 8.38. The second-order valence-electron chi connectivity index (χ2n) is 3.82.